The molecule has 1 fully saturated rings. The van der Waals surface area contributed by atoms with E-state index in [-0.39, 0.29) is 0 Å². The third-order valence-electron chi connectivity index (χ3n) is 4.66. The summed E-state index contributed by atoms with van der Waals surface area (Å²) >= 11 is 1.72. The van der Waals surface area contributed by atoms with Gasteiger partial charge in [-0.05, 0) is 32.4 Å². The molecule has 25 heavy (non-hydrogen) atoms. The maximum absolute atomic E-state index is 4.86. The Balaban J connectivity index is 1.56. The van der Waals surface area contributed by atoms with E-state index in [2.05, 4.69) is 14.9 Å². The van der Waals surface area contributed by atoms with Crippen molar-refractivity contribution < 1.29 is 0 Å². The molecule has 0 saturated carbocycles. The number of thiazole rings is 1. The zero-order valence-corrected chi connectivity index (χ0v) is 15.4. The number of imidazole rings is 1. The number of aryl methyl sites for hydroxylation is 2. The van der Waals surface area contributed by atoms with Crippen molar-refractivity contribution in [1.29, 1.82) is 0 Å². The molecule has 0 aliphatic carbocycles. The van der Waals surface area contributed by atoms with Gasteiger partial charge in [0, 0.05) is 55.2 Å². The summed E-state index contributed by atoms with van der Waals surface area (Å²) in [6, 6.07) is 2.02. The van der Waals surface area contributed by atoms with Gasteiger partial charge in [-0.3, -0.25) is 9.88 Å². The minimum Gasteiger partial charge on any atom is -0.333 e. The standard InChI is InChI=1S/C18H22N6S/c1-13-8-16(18-20-5-7-23(18)2)22-17(21-13)14-4-3-6-24(10-14)11-15-9-19-12-25-15/h5,7-9,12,14H,3-4,6,10-11H2,1-2H3/t14-/m1/s1. The van der Waals surface area contributed by atoms with Crippen LogP contribution in [-0.2, 0) is 13.6 Å². The van der Waals surface area contributed by atoms with Crippen LogP contribution in [-0.4, -0.2) is 42.5 Å². The first-order valence-corrected chi connectivity index (χ1v) is 9.50. The second-order valence-electron chi connectivity index (χ2n) is 6.66. The third kappa shape index (κ3) is 3.62. The van der Waals surface area contributed by atoms with Crippen molar-refractivity contribution >= 4 is 11.3 Å². The highest BCUT2D eigenvalue weighted by molar-refractivity contribution is 7.09. The monoisotopic (exact) mass is 354 g/mol. The maximum atomic E-state index is 4.86. The number of likely N-dealkylation sites (tertiary alicyclic amines) is 1. The Hall–Kier alpha value is -2.12. The summed E-state index contributed by atoms with van der Waals surface area (Å²) in [5.41, 5.74) is 3.82. The second-order valence-corrected chi connectivity index (χ2v) is 7.63. The normalized spacial score (nSPS) is 18.6. The lowest BCUT2D eigenvalue weighted by Crippen LogP contribution is -2.34. The first-order chi connectivity index (χ1) is 12.2. The topological polar surface area (TPSA) is 59.7 Å². The lowest BCUT2D eigenvalue weighted by molar-refractivity contribution is 0.198. The van der Waals surface area contributed by atoms with E-state index in [1.807, 2.05) is 48.7 Å². The lowest BCUT2D eigenvalue weighted by atomic mass is 9.97. The Morgan fingerprint density at radius 3 is 3.00 bits per heavy atom. The van der Waals surface area contributed by atoms with Crippen molar-refractivity contribution in [2.45, 2.75) is 32.2 Å². The fourth-order valence-electron chi connectivity index (χ4n) is 3.45. The molecule has 0 bridgehead atoms. The van der Waals surface area contributed by atoms with E-state index < -0.39 is 0 Å². The molecular weight excluding hydrogens is 332 g/mol. The van der Waals surface area contributed by atoms with Crippen LogP contribution in [0.15, 0.2) is 30.2 Å². The predicted molar refractivity (Wildman–Crippen MR) is 98.3 cm³/mol. The van der Waals surface area contributed by atoms with Crippen LogP contribution in [0.1, 0.15) is 35.2 Å². The summed E-state index contributed by atoms with van der Waals surface area (Å²) in [5, 5.41) is 0. The molecule has 1 aliphatic rings. The number of hydrogen-bond donors (Lipinski definition) is 0. The van der Waals surface area contributed by atoms with Crippen LogP contribution in [0, 0.1) is 6.92 Å². The van der Waals surface area contributed by atoms with Gasteiger partial charge in [-0.25, -0.2) is 15.0 Å². The molecule has 3 aromatic heterocycles. The fraction of sp³-hybridized carbons (Fsp3) is 0.444. The highest BCUT2D eigenvalue weighted by atomic mass is 32.1. The van der Waals surface area contributed by atoms with Gasteiger partial charge < -0.3 is 4.57 Å². The average molecular weight is 354 g/mol. The summed E-state index contributed by atoms with van der Waals surface area (Å²) in [4.78, 5) is 22.0. The molecule has 6 nitrogen and oxygen atoms in total. The number of aromatic nitrogens is 5. The molecule has 0 radical (unpaired) electrons. The molecule has 3 aromatic rings. The summed E-state index contributed by atoms with van der Waals surface area (Å²) in [6.07, 6.45) is 8.05. The molecule has 0 spiro atoms. The van der Waals surface area contributed by atoms with Crippen LogP contribution in [0.3, 0.4) is 0 Å². The van der Waals surface area contributed by atoms with Crippen LogP contribution in [0.25, 0.3) is 11.5 Å². The molecule has 0 N–H and O–H groups in total. The second kappa shape index (κ2) is 7.01. The first kappa shape index (κ1) is 16.4. The molecule has 4 rings (SSSR count). The Labute approximate surface area is 151 Å². The van der Waals surface area contributed by atoms with Gasteiger partial charge >= 0.3 is 0 Å². The highest BCUT2D eigenvalue weighted by Crippen LogP contribution is 2.27. The van der Waals surface area contributed by atoms with Crippen LogP contribution in [0.4, 0.5) is 0 Å². The van der Waals surface area contributed by atoms with E-state index in [4.69, 9.17) is 9.97 Å². The van der Waals surface area contributed by atoms with Gasteiger partial charge in [0.2, 0.25) is 0 Å². The highest BCUT2D eigenvalue weighted by Gasteiger charge is 2.24. The van der Waals surface area contributed by atoms with Gasteiger partial charge in [0.25, 0.3) is 0 Å². The van der Waals surface area contributed by atoms with E-state index in [1.54, 1.807) is 11.3 Å². The van der Waals surface area contributed by atoms with Gasteiger partial charge in [-0.2, -0.15) is 0 Å². The Kier molecular flexibility index (Phi) is 4.59. The molecule has 7 heteroatoms. The fourth-order valence-corrected chi connectivity index (χ4v) is 4.09. The number of rotatable bonds is 4. The van der Waals surface area contributed by atoms with Crippen LogP contribution in [0.5, 0.6) is 0 Å². The average Bonchev–Trinajstić information content (AvgIpc) is 3.26. The minimum atomic E-state index is 0.376. The summed E-state index contributed by atoms with van der Waals surface area (Å²) < 4.78 is 2.00. The largest absolute Gasteiger partial charge is 0.333 e. The van der Waals surface area contributed by atoms with Gasteiger partial charge in [-0.15, -0.1) is 11.3 Å². The van der Waals surface area contributed by atoms with Crippen molar-refractivity contribution in [3.05, 3.63) is 46.6 Å². The molecule has 130 valence electrons. The van der Waals surface area contributed by atoms with Crippen molar-refractivity contribution in [2.75, 3.05) is 13.1 Å². The van der Waals surface area contributed by atoms with Crippen LogP contribution < -0.4 is 0 Å². The predicted octanol–water partition coefficient (Wildman–Crippen LogP) is 3.02. The van der Waals surface area contributed by atoms with Crippen LogP contribution in [0.2, 0.25) is 0 Å². The number of piperidine rings is 1. The Morgan fingerprint density at radius 2 is 2.24 bits per heavy atom. The lowest BCUT2D eigenvalue weighted by Gasteiger charge is -2.31. The van der Waals surface area contributed by atoms with Crippen molar-refractivity contribution in [3.8, 4) is 11.5 Å². The molecule has 1 saturated heterocycles. The molecular formula is C18H22N6S. The van der Waals surface area contributed by atoms with Crippen molar-refractivity contribution in [1.82, 2.24) is 29.4 Å². The van der Waals surface area contributed by atoms with Gasteiger partial charge in [-0.1, -0.05) is 0 Å². The molecule has 0 unspecified atom stereocenters. The van der Waals surface area contributed by atoms with E-state index in [9.17, 15) is 0 Å². The van der Waals surface area contributed by atoms with Gasteiger partial charge in [0.15, 0.2) is 5.82 Å². The van der Waals surface area contributed by atoms with Crippen molar-refractivity contribution in [3.63, 3.8) is 0 Å². The zero-order valence-electron chi connectivity index (χ0n) is 14.6. The first-order valence-electron chi connectivity index (χ1n) is 8.62. The smallest absolute Gasteiger partial charge is 0.158 e. The van der Waals surface area contributed by atoms with E-state index >= 15 is 0 Å². The summed E-state index contributed by atoms with van der Waals surface area (Å²) in [7, 11) is 2.00. The zero-order chi connectivity index (χ0) is 17.2. The third-order valence-corrected chi connectivity index (χ3v) is 5.42. The minimum absolute atomic E-state index is 0.376. The molecule has 0 aromatic carbocycles. The van der Waals surface area contributed by atoms with E-state index in [0.717, 1.165) is 49.1 Å². The quantitative estimate of drug-likeness (QED) is 0.721. The van der Waals surface area contributed by atoms with Crippen molar-refractivity contribution in [2.24, 2.45) is 7.05 Å². The summed E-state index contributed by atoms with van der Waals surface area (Å²) in [5.74, 6) is 2.22. The van der Waals surface area contributed by atoms with Crippen LogP contribution >= 0.6 is 11.3 Å². The van der Waals surface area contributed by atoms with E-state index in [1.165, 1.54) is 11.3 Å². The van der Waals surface area contributed by atoms with Gasteiger partial charge in [0.1, 0.15) is 11.5 Å². The van der Waals surface area contributed by atoms with E-state index in [0.29, 0.717) is 5.92 Å². The molecule has 1 aliphatic heterocycles. The Morgan fingerprint density at radius 1 is 1.32 bits per heavy atom. The van der Waals surface area contributed by atoms with Gasteiger partial charge in [0.05, 0.1) is 5.51 Å². The SMILES string of the molecule is Cc1cc(-c2nccn2C)nc([C@@H]2CCCN(Cc3cncs3)C2)n1. The molecule has 1 atom stereocenters. The Bertz CT molecular complexity index is 841. The number of hydrogen-bond acceptors (Lipinski definition) is 6. The molecule has 4 heterocycles. The maximum Gasteiger partial charge on any atom is 0.158 e. The molecule has 0 amide bonds. The number of nitrogens with zero attached hydrogens (tertiary/aromatic N) is 6. The summed E-state index contributed by atoms with van der Waals surface area (Å²) in [6.45, 7) is 5.14.